The van der Waals surface area contributed by atoms with Crippen LogP contribution in [0.5, 0.6) is 5.75 Å². The van der Waals surface area contributed by atoms with Crippen LogP contribution in [0.3, 0.4) is 0 Å². The van der Waals surface area contributed by atoms with E-state index in [0.717, 1.165) is 22.4 Å². The molecular weight excluding hydrogens is 558 g/mol. The summed E-state index contributed by atoms with van der Waals surface area (Å²) in [5.74, 6) is 0.512. The van der Waals surface area contributed by atoms with E-state index in [9.17, 15) is 14.4 Å². The Morgan fingerprint density at radius 3 is 2.69 bits per heavy atom. The van der Waals surface area contributed by atoms with Crippen LogP contribution < -0.4 is 21.3 Å². The number of nitrogens with one attached hydrogen (secondary N) is 1. The number of halogens is 2. The molecule has 12 heteroatoms. The molecule has 3 heterocycles. The lowest BCUT2D eigenvalue weighted by Crippen LogP contribution is -2.29. The number of allylic oxidation sites excluding steroid dienone is 1. The number of fused-ring (bicyclic) bond motifs is 5. The fourth-order valence-corrected chi connectivity index (χ4v) is 5.32. The van der Waals surface area contributed by atoms with Crippen molar-refractivity contribution in [3.05, 3.63) is 93.5 Å². The van der Waals surface area contributed by atoms with Crippen LogP contribution in [0.25, 0.3) is 17.0 Å². The summed E-state index contributed by atoms with van der Waals surface area (Å²) in [7, 11) is 0.129. The van der Waals surface area contributed by atoms with Gasteiger partial charge >= 0.3 is 7.12 Å². The number of nitrogens with zero attached hydrogens (tertiary/aromatic N) is 4. The maximum Gasteiger partial charge on any atom is 0.488 e. The van der Waals surface area contributed by atoms with Crippen LogP contribution in [0, 0.1) is 5.82 Å². The summed E-state index contributed by atoms with van der Waals surface area (Å²) >= 11 is 6.70. The number of benzene rings is 2. The molecule has 0 fully saturated rings. The number of rotatable bonds is 6. The van der Waals surface area contributed by atoms with Gasteiger partial charge in [-0.1, -0.05) is 35.9 Å². The highest BCUT2D eigenvalue weighted by molar-refractivity contribution is 6.58. The van der Waals surface area contributed by atoms with Gasteiger partial charge in [-0.2, -0.15) is 5.10 Å². The molecule has 42 heavy (non-hydrogen) atoms. The van der Waals surface area contributed by atoms with Crippen LogP contribution in [0.15, 0.2) is 65.3 Å². The molecule has 2 aromatic carbocycles. The Bertz CT molecular complexity index is 1670. The molecule has 0 amide bonds. The van der Waals surface area contributed by atoms with Gasteiger partial charge in [0.15, 0.2) is 16.7 Å². The largest absolute Gasteiger partial charge is 0.488 e. The summed E-state index contributed by atoms with van der Waals surface area (Å²) in [5, 5.41) is 27.0. The lowest BCUT2D eigenvalue weighted by molar-refractivity contribution is 0.226. The standard InChI is InChI=1S/C30H31BClFN6O3/c1-4-39-28-20-12-26(30(37-16-20)36-14-18-5-7-21(8-6-18)31(40)41)42-17(2)24-13-22(33)9-10-23(24)27(34)19(15-35-3)11-25(28)29(32)38-39/h5-10,12-13,15-17,40-41H,4,11,14,34H2,1-3H3,(H,36,37)/b27-19-,35-15?. The van der Waals surface area contributed by atoms with Crippen molar-refractivity contribution in [2.75, 3.05) is 12.4 Å². The zero-order chi connectivity index (χ0) is 30.0. The minimum atomic E-state index is -1.54. The normalized spacial score (nSPS) is 16.7. The number of hydrogen-bond donors (Lipinski definition) is 4. The highest BCUT2D eigenvalue weighted by atomic mass is 35.5. The molecule has 0 aliphatic carbocycles. The zero-order valence-corrected chi connectivity index (χ0v) is 24.2. The lowest BCUT2D eigenvalue weighted by Gasteiger charge is -2.23. The monoisotopic (exact) mass is 588 g/mol. The van der Waals surface area contributed by atoms with Crippen molar-refractivity contribution in [3.8, 4) is 17.0 Å². The summed E-state index contributed by atoms with van der Waals surface area (Å²) in [6.45, 7) is 4.77. The fraction of sp³-hybridized carbons (Fsp3) is 0.233. The number of hydrogen-bond acceptors (Lipinski definition) is 8. The molecule has 1 aliphatic heterocycles. The van der Waals surface area contributed by atoms with Gasteiger partial charge in [0.25, 0.3) is 0 Å². The van der Waals surface area contributed by atoms with Crippen LogP contribution >= 0.6 is 11.6 Å². The molecule has 2 aromatic heterocycles. The van der Waals surface area contributed by atoms with Gasteiger partial charge in [-0.25, -0.2) is 9.37 Å². The summed E-state index contributed by atoms with van der Waals surface area (Å²) in [6, 6.07) is 13.2. The first-order valence-electron chi connectivity index (χ1n) is 13.5. The van der Waals surface area contributed by atoms with Crippen molar-refractivity contribution in [2.24, 2.45) is 10.7 Å². The first-order valence-corrected chi connectivity index (χ1v) is 13.9. The molecule has 0 radical (unpaired) electrons. The quantitative estimate of drug-likeness (QED) is 0.197. The third-order valence-electron chi connectivity index (χ3n) is 7.21. The third-order valence-corrected chi connectivity index (χ3v) is 7.51. The van der Waals surface area contributed by atoms with E-state index in [1.807, 2.05) is 24.6 Å². The summed E-state index contributed by atoms with van der Waals surface area (Å²) in [6.07, 6.45) is 3.16. The van der Waals surface area contributed by atoms with E-state index in [2.05, 4.69) is 15.4 Å². The number of nitrogens with two attached hydrogens (primary N) is 1. The molecule has 0 spiro atoms. The Morgan fingerprint density at radius 2 is 2.00 bits per heavy atom. The van der Waals surface area contributed by atoms with Crippen LogP contribution in [0.4, 0.5) is 10.2 Å². The van der Waals surface area contributed by atoms with Crippen molar-refractivity contribution >= 4 is 41.9 Å². The van der Waals surface area contributed by atoms with E-state index in [4.69, 9.17) is 27.1 Å². The topological polar surface area (TPSA) is 131 Å². The summed E-state index contributed by atoms with van der Waals surface area (Å²) in [4.78, 5) is 8.94. The molecule has 0 saturated carbocycles. The third kappa shape index (κ3) is 5.89. The van der Waals surface area contributed by atoms with Gasteiger partial charge in [0.1, 0.15) is 11.9 Å². The van der Waals surface area contributed by atoms with Gasteiger partial charge in [-0.3, -0.25) is 9.67 Å². The van der Waals surface area contributed by atoms with Crippen molar-refractivity contribution in [3.63, 3.8) is 0 Å². The number of pyridine rings is 1. The molecule has 5 N–H and O–H groups in total. The van der Waals surface area contributed by atoms with Crippen LogP contribution in [-0.4, -0.2) is 45.2 Å². The van der Waals surface area contributed by atoms with Gasteiger partial charge in [0, 0.05) is 66.9 Å². The van der Waals surface area contributed by atoms with Gasteiger partial charge < -0.3 is 25.8 Å². The molecule has 4 aromatic rings. The lowest BCUT2D eigenvalue weighted by atomic mass is 9.80. The first-order chi connectivity index (χ1) is 20.2. The Kier molecular flexibility index (Phi) is 8.63. The van der Waals surface area contributed by atoms with Crippen molar-refractivity contribution in [1.29, 1.82) is 0 Å². The molecule has 9 nitrogen and oxygen atoms in total. The SMILES string of the molecule is CCn1nc(Cl)c2c1-c1cnc(NCc3ccc(B(O)O)cc3)c(c1)OC(C)c1cc(F)ccc1/C(N)=C(/C=NC)C2. The van der Waals surface area contributed by atoms with E-state index < -0.39 is 19.0 Å². The van der Waals surface area contributed by atoms with Crippen LogP contribution in [-0.2, 0) is 19.5 Å². The smallest absolute Gasteiger partial charge is 0.482 e. The average molecular weight is 589 g/mol. The van der Waals surface area contributed by atoms with Gasteiger partial charge in [-0.15, -0.1) is 0 Å². The second-order valence-corrected chi connectivity index (χ2v) is 10.3. The number of ether oxygens (including phenoxy) is 1. The Balaban J connectivity index is 1.65. The fourth-order valence-electron chi connectivity index (χ4n) is 5.07. The number of aryl methyl sites for hydroxylation is 1. The van der Waals surface area contributed by atoms with E-state index in [1.54, 1.807) is 49.8 Å². The van der Waals surface area contributed by atoms with Crippen LogP contribution in [0.2, 0.25) is 5.15 Å². The maximum atomic E-state index is 14.6. The highest BCUT2D eigenvalue weighted by Gasteiger charge is 2.25. The van der Waals surface area contributed by atoms with Gasteiger partial charge in [0.05, 0.1) is 5.69 Å². The Labute approximate surface area is 248 Å². The molecule has 1 unspecified atom stereocenters. The van der Waals surface area contributed by atoms with Crippen molar-refractivity contribution in [1.82, 2.24) is 14.8 Å². The van der Waals surface area contributed by atoms with E-state index in [1.165, 1.54) is 12.1 Å². The molecule has 1 atom stereocenters. The molecule has 2 bridgehead atoms. The minimum absolute atomic E-state index is 0.340. The maximum absolute atomic E-state index is 14.6. The predicted octanol–water partition coefficient (Wildman–Crippen LogP) is 4.12. The van der Waals surface area contributed by atoms with E-state index >= 15 is 0 Å². The van der Waals surface area contributed by atoms with Crippen LogP contribution in [0.1, 0.15) is 42.2 Å². The van der Waals surface area contributed by atoms with E-state index in [0.29, 0.717) is 64.1 Å². The number of anilines is 1. The van der Waals surface area contributed by atoms with Gasteiger partial charge in [-0.05, 0) is 54.7 Å². The first kappa shape index (κ1) is 29.3. The molecular formula is C30H31BClFN6O3. The average Bonchev–Trinajstić information content (AvgIpc) is 3.30. The second kappa shape index (κ2) is 12.4. The van der Waals surface area contributed by atoms with Gasteiger partial charge in [0.2, 0.25) is 0 Å². The highest BCUT2D eigenvalue weighted by Crippen LogP contribution is 2.39. The van der Waals surface area contributed by atoms with Crippen molar-refractivity contribution in [2.45, 2.75) is 39.5 Å². The number of aromatic nitrogens is 3. The second-order valence-electron chi connectivity index (χ2n) is 9.97. The molecule has 5 rings (SSSR count). The molecule has 0 saturated heterocycles. The zero-order valence-electron chi connectivity index (χ0n) is 23.5. The molecule has 216 valence electrons. The predicted molar refractivity (Wildman–Crippen MR) is 164 cm³/mol. The van der Waals surface area contributed by atoms with Crippen molar-refractivity contribution < 1.29 is 19.2 Å². The van der Waals surface area contributed by atoms with E-state index in [-0.39, 0.29) is 0 Å². The molecule has 1 aliphatic rings. The Hall–Kier alpha value is -4.19. The minimum Gasteiger partial charge on any atom is -0.482 e. The summed E-state index contributed by atoms with van der Waals surface area (Å²) in [5.41, 5.74) is 12.7. The Morgan fingerprint density at radius 1 is 1.24 bits per heavy atom. The summed E-state index contributed by atoms with van der Waals surface area (Å²) < 4.78 is 22.9. The number of aliphatic imine (C=N–C) groups is 1.